The zero-order valence-corrected chi connectivity index (χ0v) is 15.7. The van der Waals surface area contributed by atoms with Gasteiger partial charge in [-0.25, -0.2) is 0 Å². The van der Waals surface area contributed by atoms with Crippen LogP contribution in [0.1, 0.15) is 45.4 Å². The van der Waals surface area contributed by atoms with Crippen molar-refractivity contribution in [3.63, 3.8) is 0 Å². The number of alkyl halides is 2. The van der Waals surface area contributed by atoms with Gasteiger partial charge in [0, 0.05) is 0 Å². The second-order valence-electron chi connectivity index (χ2n) is 6.99. The van der Waals surface area contributed by atoms with Crippen molar-refractivity contribution in [2.24, 2.45) is 5.92 Å². The molecule has 2 saturated carbocycles. The molecule has 2 heterocycles. The molecular formula is C13H20I2N2O3. The van der Waals surface area contributed by atoms with Crippen molar-refractivity contribution >= 4 is 48.9 Å². The summed E-state index contributed by atoms with van der Waals surface area (Å²) in [5.74, 6) is 0.411. The van der Waals surface area contributed by atoms with Gasteiger partial charge in [-0.05, 0) is 0 Å². The van der Waals surface area contributed by atoms with Gasteiger partial charge in [0.15, 0.2) is 0 Å². The number of esters is 1. The zero-order valence-electron chi connectivity index (χ0n) is 11.4. The molecule has 4 atom stereocenters. The molecule has 4 aliphatic rings. The van der Waals surface area contributed by atoms with Crippen LogP contribution in [0.4, 0.5) is 0 Å². The minimum absolute atomic E-state index is 0.0243. The van der Waals surface area contributed by atoms with Crippen LogP contribution < -0.4 is 7.06 Å². The summed E-state index contributed by atoms with van der Waals surface area (Å²) < 4.78 is 12.6. The van der Waals surface area contributed by atoms with Gasteiger partial charge in [0.2, 0.25) is 0 Å². The van der Waals surface area contributed by atoms with E-state index >= 15 is 0 Å². The van der Waals surface area contributed by atoms with Crippen molar-refractivity contribution < 1.29 is 14.6 Å². The molecule has 2 aliphatic heterocycles. The van der Waals surface area contributed by atoms with E-state index in [1.807, 2.05) is 6.92 Å². The van der Waals surface area contributed by atoms with Crippen molar-refractivity contribution in [2.45, 2.75) is 64.2 Å². The molecule has 114 valence electrons. The summed E-state index contributed by atoms with van der Waals surface area (Å²) in [5.41, 5.74) is -1.10. The molecule has 4 unspecified atom stereocenters. The fourth-order valence-electron chi connectivity index (χ4n) is 4.15. The number of nitrogens with one attached hydrogen (secondary N) is 2. The molecule has 0 aromatic rings. The molecule has 2 bridgehead atoms. The quantitative estimate of drug-likeness (QED) is 0.136. The number of hydrogen-bond acceptors (Lipinski definition) is 5. The predicted octanol–water partition coefficient (Wildman–Crippen LogP) is 2.00. The molecule has 3 N–H and O–H groups in total. The Morgan fingerprint density at radius 2 is 2.20 bits per heavy atom. The first-order valence-electron chi connectivity index (χ1n) is 7.19. The van der Waals surface area contributed by atoms with Gasteiger partial charge in [0.25, 0.3) is 0 Å². The first-order valence-corrected chi connectivity index (χ1v) is 11.7. The third-order valence-corrected chi connectivity index (χ3v) is 12.1. The first kappa shape index (κ1) is 14.4. The van der Waals surface area contributed by atoms with Gasteiger partial charge in [-0.3, -0.25) is 0 Å². The van der Waals surface area contributed by atoms with Crippen LogP contribution in [0.2, 0.25) is 0 Å². The Morgan fingerprint density at radius 1 is 1.50 bits per heavy atom. The summed E-state index contributed by atoms with van der Waals surface area (Å²) in [6.07, 6.45) is 5.57. The Kier molecular flexibility index (Phi) is 3.19. The van der Waals surface area contributed by atoms with E-state index in [1.165, 1.54) is 0 Å². The SMILES string of the molecule is CC1(O)CC2CCCC(OC(=O)C(I)C34NI3N4)(C2)C1. The van der Waals surface area contributed by atoms with E-state index in [-0.39, 0.29) is 13.6 Å². The molecule has 0 aromatic heterocycles. The fraction of sp³-hybridized carbons (Fsp3) is 0.923. The number of hydrogen-bond donors (Lipinski definition) is 3. The van der Waals surface area contributed by atoms with E-state index in [9.17, 15) is 9.90 Å². The van der Waals surface area contributed by atoms with Crippen LogP contribution in [-0.4, -0.2) is 29.9 Å². The van der Waals surface area contributed by atoms with E-state index in [1.54, 1.807) is 0 Å². The summed E-state index contributed by atoms with van der Waals surface area (Å²) in [6, 6.07) is 0. The molecule has 0 aromatic carbocycles. The Morgan fingerprint density at radius 3 is 2.85 bits per heavy atom. The number of rotatable bonds is 3. The standard InChI is InChI=1S/C13H20I2N2O3/c1-11(19)5-8-3-2-4-12(6-8,7-11)20-10(18)9(14)13-15(16-13)17-13/h8-9,16-17,19H,2-7H2,1H3. The van der Waals surface area contributed by atoms with Crippen molar-refractivity contribution in [1.82, 2.24) is 7.06 Å². The zero-order chi connectivity index (χ0) is 14.2. The van der Waals surface area contributed by atoms with Crippen molar-refractivity contribution in [3.05, 3.63) is 0 Å². The number of halogens is 2. The molecule has 0 amide bonds. The molecule has 5 nitrogen and oxygen atoms in total. The maximum atomic E-state index is 12.5. The van der Waals surface area contributed by atoms with Gasteiger partial charge in [-0.15, -0.1) is 0 Å². The van der Waals surface area contributed by atoms with Gasteiger partial charge in [-0.2, -0.15) is 0 Å². The van der Waals surface area contributed by atoms with Gasteiger partial charge in [0.05, 0.1) is 0 Å². The second kappa shape index (κ2) is 4.42. The van der Waals surface area contributed by atoms with Crippen molar-refractivity contribution in [1.29, 1.82) is 0 Å². The number of ether oxygens (including phenoxy) is 1. The summed E-state index contributed by atoms with van der Waals surface area (Å²) in [5, 5.41) is 10.5. The van der Waals surface area contributed by atoms with E-state index < -0.39 is 31.6 Å². The Bertz CT molecular complexity index is 467. The Balaban J connectivity index is 1.49. The maximum absolute atomic E-state index is 12.5. The average Bonchev–Trinajstić information content (AvgIpc) is 3.13. The Labute approximate surface area is 140 Å². The number of carbonyl (C=O) groups excluding carboxylic acids is 1. The molecule has 20 heavy (non-hydrogen) atoms. The third kappa shape index (κ3) is 2.31. The van der Waals surface area contributed by atoms with Crippen LogP contribution in [0.25, 0.3) is 0 Å². The number of fused-ring (bicyclic) bond motifs is 3. The number of carbonyl (C=O) groups is 1. The van der Waals surface area contributed by atoms with Crippen molar-refractivity contribution in [3.8, 4) is 0 Å². The van der Waals surface area contributed by atoms with Crippen LogP contribution in [0.3, 0.4) is 0 Å². The van der Waals surface area contributed by atoms with Crippen LogP contribution in [0.5, 0.6) is 0 Å². The average molecular weight is 506 g/mol. The van der Waals surface area contributed by atoms with E-state index in [0.29, 0.717) is 12.3 Å². The molecule has 0 spiro atoms. The summed E-state index contributed by atoms with van der Waals surface area (Å²) in [6.45, 7) is 1.89. The van der Waals surface area contributed by atoms with Gasteiger partial charge in [-0.1, -0.05) is 0 Å². The monoisotopic (exact) mass is 506 g/mol. The van der Waals surface area contributed by atoms with E-state index in [0.717, 1.165) is 32.1 Å². The first-order chi connectivity index (χ1) is 9.34. The molecule has 4 rings (SSSR count). The third-order valence-electron chi connectivity index (χ3n) is 4.90. The van der Waals surface area contributed by atoms with E-state index in [2.05, 4.69) is 29.7 Å². The van der Waals surface area contributed by atoms with Gasteiger partial charge < -0.3 is 0 Å². The Hall–Kier alpha value is 0.810. The summed E-state index contributed by atoms with van der Waals surface area (Å²) in [7, 11) is 0. The normalized spacial score (nSPS) is 47.1. The topological polar surface area (TPSA) is 90.4 Å². The summed E-state index contributed by atoms with van der Waals surface area (Å²) in [4.78, 5) is 12.5. The predicted molar refractivity (Wildman–Crippen MR) is 91.5 cm³/mol. The molecule has 4 fully saturated rings. The van der Waals surface area contributed by atoms with E-state index in [4.69, 9.17) is 4.74 Å². The molecule has 7 heteroatoms. The van der Waals surface area contributed by atoms with Crippen LogP contribution in [0.15, 0.2) is 0 Å². The molecule has 0 radical (unpaired) electrons. The van der Waals surface area contributed by atoms with Crippen LogP contribution in [0, 0.1) is 5.92 Å². The van der Waals surface area contributed by atoms with Gasteiger partial charge >= 0.3 is 141 Å². The van der Waals surface area contributed by atoms with Crippen LogP contribution >= 0.6 is 43.0 Å². The fourth-order valence-corrected chi connectivity index (χ4v) is 11.5. The molecule has 2 saturated heterocycles. The number of aliphatic hydroxyl groups is 1. The van der Waals surface area contributed by atoms with Crippen LogP contribution in [-0.2, 0) is 9.53 Å². The molecule has 2 aliphatic carbocycles. The summed E-state index contributed by atoms with van der Waals surface area (Å²) >= 11 is 1.10. The second-order valence-corrected chi connectivity index (χ2v) is 12.6. The van der Waals surface area contributed by atoms with Crippen molar-refractivity contribution in [2.75, 3.05) is 0 Å². The molecular weight excluding hydrogens is 486 g/mol. The van der Waals surface area contributed by atoms with Gasteiger partial charge in [0.1, 0.15) is 0 Å². The minimum atomic E-state index is -1.10.